The molecule has 0 atom stereocenters. The second kappa shape index (κ2) is 7.77. The molecule has 1 amide bonds. The van der Waals surface area contributed by atoms with E-state index in [2.05, 4.69) is 10.1 Å². The molecule has 148 valence electrons. The number of sulfonamides is 1. The van der Waals surface area contributed by atoms with E-state index in [0.717, 1.165) is 4.31 Å². The summed E-state index contributed by atoms with van der Waals surface area (Å²) in [4.78, 5) is 22.9. The van der Waals surface area contributed by atoms with Gasteiger partial charge in [0.15, 0.2) is 11.5 Å². The van der Waals surface area contributed by atoms with E-state index < -0.39 is 22.5 Å². The summed E-state index contributed by atoms with van der Waals surface area (Å²) in [5.74, 6) is -0.137. The molecule has 0 radical (unpaired) electrons. The molecule has 1 aliphatic heterocycles. The zero-order valence-electron chi connectivity index (χ0n) is 15.2. The standard InChI is InChI=1S/C18H18N2O7S/c1-12(21)19-13-3-6-15(7-4-13)28(23,24)20(10-18(22)25-2)14-5-8-16-17(9-14)27-11-26-16/h3-9H,10-11H2,1-2H3,(H,19,21). The van der Waals surface area contributed by atoms with Crippen molar-refractivity contribution in [1.29, 1.82) is 0 Å². The topological polar surface area (TPSA) is 111 Å². The Morgan fingerprint density at radius 1 is 1.11 bits per heavy atom. The van der Waals surface area contributed by atoms with E-state index in [0.29, 0.717) is 17.2 Å². The van der Waals surface area contributed by atoms with Crippen LogP contribution in [0.3, 0.4) is 0 Å². The van der Waals surface area contributed by atoms with E-state index in [9.17, 15) is 18.0 Å². The molecule has 0 fully saturated rings. The lowest BCUT2D eigenvalue weighted by molar-refractivity contribution is -0.138. The third-order valence-electron chi connectivity index (χ3n) is 3.91. The number of ether oxygens (including phenoxy) is 3. The Hall–Kier alpha value is -3.27. The van der Waals surface area contributed by atoms with Crippen molar-refractivity contribution in [1.82, 2.24) is 0 Å². The summed E-state index contributed by atoms with van der Waals surface area (Å²) in [6.45, 7) is 0.863. The first-order valence-corrected chi connectivity index (χ1v) is 9.62. The number of methoxy groups -OCH3 is 1. The van der Waals surface area contributed by atoms with Crippen molar-refractivity contribution in [3.05, 3.63) is 42.5 Å². The second-order valence-corrected chi connectivity index (χ2v) is 7.69. The van der Waals surface area contributed by atoms with Crippen molar-refractivity contribution in [2.24, 2.45) is 0 Å². The Morgan fingerprint density at radius 3 is 2.43 bits per heavy atom. The van der Waals surface area contributed by atoms with Gasteiger partial charge in [0, 0.05) is 18.7 Å². The van der Waals surface area contributed by atoms with Crippen LogP contribution in [0.5, 0.6) is 11.5 Å². The molecule has 1 heterocycles. The fraction of sp³-hybridized carbons (Fsp3) is 0.222. The van der Waals surface area contributed by atoms with Crippen molar-refractivity contribution in [2.45, 2.75) is 11.8 Å². The first kappa shape index (κ1) is 19.5. The summed E-state index contributed by atoms with van der Waals surface area (Å²) < 4.78 is 42.4. The molecule has 0 saturated carbocycles. The van der Waals surface area contributed by atoms with Gasteiger partial charge in [0.25, 0.3) is 10.0 Å². The molecule has 1 N–H and O–H groups in total. The molecule has 2 aromatic rings. The summed E-state index contributed by atoms with van der Waals surface area (Å²) in [6, 6.07) is 10.2. The van der Waals surface area contributed by atoms with Gasteiger partial charge in [-0.15, -0.1) is 0 Å². The minimum Gasteiger partial charge on any atom is -0.468 e. The molecule has 28 heavy (non-hydrogen) atoms. The summed E-state index contributed by atoms with van der Waals surface area (Å²) in [6.07, 6.45) is 0. The highest BCUT2D eigenvalue weighted by atomic mass is 32.2. The Bertz CT molecular complexity index is 1000. The molecular weight excluding hydrogens is 388 g/mol. The number of benzene rings is 2. The normalized spacial score (nSPS) is 12.4. The van der Waals surface area contributed by atoms with E-state index in [1.165, 1.54) is 50.4 Å². The van der Waals surface area contributed by atoms with Crippen LogP contribution in [0.15, 0.2) is 47.4 Å². The number of nitrogens with zero attached hydrogens (tertiary/aromatic N) is 1. The van der Waals surface area contributed by atoms with Gasteiger partial charge < -0.3 is 19.5 Å². The summed E-state index contributed by atoms with van der Waals surface area (Å²) >= 11 is 0. The fourth-order valence-electron chi connectivity index (χ4n) is 2.58. The number of carbonyl (C=O) groups excluding carboxylic acids is 2. The van der Waals surface area contributed by atoms with Crippen LogP contribution in [0, 0.1) is 0 Å². The van der Waals surface area contributed by atoms with E-state index in [1.807, 2.05) is 0 Å². The van der Waals surface area contributed by atoms with Gasteiger partial charge in [-0.2, -0.15) is 0 Å². The number of nitrogens with one attached hydrogen (secondary N) is 1. The third kappa shape index (κ3) is 4.01. The monoisotopic (exact) mass is 406 g/mol. The number of hydrogen-bond acceptors (Lipinski definition) is 7. The Balaban J connectivity index is 1.98. The van der Waals surface area contributed by atoms with Crippen LogP contribution in [-0.2, 0) is 24.3 Å². The van der Waals surface area contributed by atoms with Crippen LogP contribution in [-0.4, -0.2) is 40.7 Å². The minimum absolute atomic E-state index is 0.0349. The quantitative estimate of drug-likeness (QED) is 0.728. The van der Waals surface area contributed by atoms with Crippen LogP contribution < -0.4 is 19.1 Å². The van der Waals surface area contributed by atoms with Crippen molar-refractivity contribution in [2.75, 3.05) is 30.1 Å². The van der Waals surface area contributed by atoms with E-state index in [-0.39, 0.29) is 23.3 Å². The zero-order chi connectivity index (χ0) is 20.3. The van der Waals surface area contributed by atoms with E-state index in [4.69, 9.17) is 9.47 Å². The first-order chi connectivity index (χ1) is 13.3. The largest absolute Gasteiger partial charge is 0.468 e. The highest BCUT2D eigenvalue weighted by Gasteiger charge is 2.29. The number of rotatable bonds is 6. The van der Waals surface area contributed by atoms with Gasteiger partial charge in [0.05, 0.1) is 17.7 Å². The first-order valence-electron chi connectivity index (χ1n) is 8.18. The van der Waals surface area contributed by atoms with Gasteiger partial charge in [-0.3, -0.25) is 13.9 Å². The van der Waals surface area contributed by atoms with Crippen molar-refractivity contribution in [3.63, 3.8) is 0 Å². The van der Waals surface area contributed by atoms with Gasteiger partial charge >= 0.3 is 5.97 Å². The SMILES string of the molecule is COC(=O)CN(c1ccc2c(c1)OCO2)S(=O)(=O)c1ccc(NC(C)=O)cc1. The predicted octanol–water partition coefficient (Wildman–Crippen LogP) is 1.74. The molecule has 9 nitrogen and oxygen atoms in total. The van der Waals surface area contributed by atoms with Gasteiger partial charge in [-0.05, 0) is 36.4 Å². The molecule has 0 aromatic heterocycles. The van der Waals surface area contributed by atoms with Crippen LogP contribution in [0.2, 0.25) is 0 Å². The highest BCUT2D eigenvalue weighted by Crippen LogP contribution is 2.37. The summed E-state index contributed by atoms with van der Waals surface area (Å²) in [5, 5.41) is 2.56. The number of amides is 1. The average Bonchev–Trinajstić information content (AvgIpc) is 3.13. The van der Waals surface area contributed by atoms with Gasteiger partial charge in [0.2, 0.25) is 12.7 Å². The minimum atomic E-state index is -4.10. The Labute approximate surface area is 161 Å². The fourth-order valence-corrected chi connectivity index (χ4v) is 3.98. The molecule has 0 bridgehead atoms. The smallest absolute Gasteiger partial charge is 0.326 e. The van der Waals surface area contributed by atoms with Crippen LogP contribution in [0.1, 0.15) is 6.92 Å². The maximum absolute atomic E-state index is 13.2. The second-order valence-electron chi connectivity index (χ2n) is 5.83. The molecule has 2 aromatic carbocycles. The lowest BCUT2D eigenvalue weighted by atomic mass is 10.3. The maximum atomic E-state index is 13.2. The lowest BCUT2D eigenvalue weighted by Gasteiger charge is -2.23. The third-order valence-corrected chi connectivity index (χ3v) is 5.70. The molecule has 3 rings (SSSR count). The van der Waals surface area contributed by atoms with Gasteiger partial charge in [-0.1, -0.05) is 0 Å². The Kier molecular flexibility index (Phi) is 5.41. The number of carbonyl (C=O) groups is 2. The summed E-state index contributed by atoms with van der Waals surface area (Å²) in [5.41, 5.74) is 0.676. The van der Waals surface area contributed by atoms with Crippen LogP contribution in [0.25, 0.3) is 0 Å². The highest BCUT2D eigenvalue weighted by molar-refractivity contribution is 7.92. The maximum Gasteiger partial charge on any atom is 0.326 e. The molecule has 1 aliphatic rings. The molecular formula is C18H18N2O7S. The zero-order valence-corrected chi connectivity index (χ0v) is 16.0. The lowest BCUT2D eigenvalue weighted by Crippen LogP contribution is -2.36. The molecule has 0 aliphatic carbocycles. The molecule has 10 heteroatoms. The number of fused-ring (bicyclic) bond motifs is 1. The predicted molar refractivity (Wildman–Crippen MR) is 99.9 cm³/mol. The average molecular weight is 406 g/mol. The van der Waals surface area contributed by atoms with Crippen molar-refractivity contribution in [3.8, 4) is 11.5 Å². The van der Waals surface area contributed by atoms with E-state index >= 15 is 0 Å². The van der Waals surface area contributed by atoms with E-state index in [1.54, 1.807) is 6.07 Å². The van der Waals surface area contributed by atoms with Gasteiger partial charge in [-0.25, -0.2) is 8.42 Å². The molecule has 0 unspecified atom stereocenters. The molecule has 0 saturated heterocycles. The van der Waals surface area contributed by atoms with Crippen molar-refractivity contribution >= 4 is 33.3 Å². The molecule has 0 spiro atoms. The number of hydrogen-bond donors (Lipinski definition) is 1. The van der Waals surface area contributed by atoms with Crippen molar-refractivity contribution < 1.29 is 32.2 Å². The number of esters is 1. The summed E-state index contributed by atoms with van der Waals surface area (Å²) in [7, 11) is -2.92. The van der Waals surface area contributed by atoms with Crippen LogP contribution >= 0.6 is 0 Å². The Morgan fingerprint density at radius 2 is 1.79 bits per heavy atom. The number of anilines is 2. The van der Waals surface area contributed by atoms with Gasteiger partial charge in [0.1, 0.15) is 6.54 Å². The van der Waals surface area contributed by atoms with Crippen LogP contribution in [0.4, 0.5) is 11.4 Å².